The van der Waals surface area contributed by atoms with E-state index in [-0.39, 0.29) is 0 Å². The minimum Gasteiger partial charge on any atom is -0.311 e. The molecule has 0 aliphatic rings. The summed E-state index contributed by atoms with van der Waals surface area (Å²) < 4.78 is 0. The first-order valence-corrected chi connectivity index (χ1v) is 6.68. The van der Waals surface area contributed by atoms with Crippen molar-refractivity contribution in [1.82, 2.24) is 0 Å². The highest BCUT2D eigenvalue weighted by Crippen LogP contribution is 2.18. The molecule has 1 amide bonds. The van der Waals surface area contributed by atoms with Gasteiger partial charge < -0.3 is 4.90 Å². The number of carbonyl (C=O) groups is 1. The van der Waals surface area contributed by atoms with Gasteiger partial charge >= 0.3 is 0 Å². The smallest absolute Gasteiger partial charge is 0.214 e. The van der Waals surface area contributed by atoms with Crippen LogP contribution in [0.2, 0.25) is 0 Å². The van der Waals surface area contributed by atoms with Crippen molar-refractivity contribution in [2.45, 2.75) is 26.3 Å². The summed E-state index contributed by atoms with van der Waals surface area (Å²) in [4.78, 5) is 13.0. The molecule has 2 heteroatoms. The third-order valence-electron chi connectivity index (χ3n) is 3.10. The van der Waals surface area contributed by atoms with Gasteiger partial charge in [-0.3, -0.25) is 4.79 Å². The number of anilines is 1. The van der Waals surface area contributed by atoms with Crippen molar-refractivity contribution in [3.8, 4) is 0 Å². The van der Waals surface area contributed by atoms with Crippen LogP contribution < -0.4 is 4.90 Å². The number of rotatable bonds is 6. The molecule has 0 N–H and O–H groups in total. The van der Waals surface area contributed by atoms with Gasteiger partial charge in [-0.2, -0.15) is 0 Å². The van der Waals surface area contributed by atoms with Gasteiger partial charge in [0.05, 0.1) is 6.54 Å². The summed E-state index contributed by atoms with van der Waals surface area (Å²) in [5.41, 5.74) is 3.38. The fourth-order valence-corrected chi connectivity index (χ4v) is 2.15. The Morgan fingerprint density at radius 1 is 1.00 bits per heavy atom. The van der Waals surface area contributed by atoms with Gasteiger partial charge in [0.2, 0.25) is 6.41 Å². The Bertz CT molecular complexity index is 522. The van der Waals surface area contributed by atoms with Crippen molar-refractivity contribution < 1.29 is 4.79 Å². The third kappa shape index (κ3) is 3.68. The number of carbonyl (C=O) groups excluding carboxylic acids is 1. The largest absolute Gasteiger partial charge is 0.311 e. The summed E-state index contributed by atoms with van der Waals surface area (Å²) in [6, 6.07) is 18.2. The van der Waals surface area contributed by atoms with Crippen molar-refractivity contribution in [3.05, 3.63) is 65.7 Å². The van der Waals surface area contributed by atoms with E-state index in [2.05, 4.69) is 19.1 Å². The molecule has 2 aromatic carbocycles. The number of amides is 1. The van der Waals surface area contributed by atoms with E-state index in [1.807, 2.05) is 42.5 Å². The molecule has 0 aromatic heterocycles. The first-order valence-electron chi connectivity index (χ1n) is 6.68. The maximum absolute atomic E-state index is 11.3. The van der Waals surface area contributed by atoms with Gasteiger partial charge in [0, 0.05) is 5.69 Å². The summed E-state index contributed by atoms with van der Waals surface area (Å²) >= 11 is 0. The fraction of sp³-hybridized carbons (Fsp3) is 0.235. The topological polar surface area (TPSA) is 20.3 Å². The molecule has 98 valence electrons. The zero-order valence-corrected chi connectivity index (χ0v) is 11.3. The zero-order chi connectivity index (χ0) is 13.5. The lowest BCUT2D eigenvalue weighted by Gasteiger charge is -2.18. The molecule has 0 heterocycles. The molecule has 2 rings (SSSR count). The lowest BCUT2D eigenvalue weighted by molar-refractivity contribution is -0.107. The highest BCUT2D eigenvalue weighted by Gasteiger charge is 2.06. The van der Waals surface area contributed by atoms with Crippen LogP contribution in [0.3, 0.4) is 0 Å². The Kier molecular flexibility index (Phi) is 4.73. The first-order chi connectivity index (χ1) is 9.33. The first kappa shape index (κ1) is 13.3. The Balaban J connectivity index is 2.17. The lowest BCUT2D eigenvalue weighted by Crippen LogP contribution is -2.20. The number of aryl methyl sites for hydroxylation is 1. The summed E-state index contributed by atoms with van der Waals surface area (Å²) in [6.07, 6.45) is 3.06. The number of hydrogen-bond donors (Lipinski definition) is 0. The minimum absolute atomic E-state index is 0.611. The monoisotopic (exact) mass is 253 g/mol. The molecular weight excluding hydrogens is 234 g/mol. The SMILES string of the molecule is CCCc1cccc(N(C=O)Cc2ccccc2)c1. The van der Waals surface area contributed by atoms with E-state index in [1.54, 1.807) is 4.90 Å². The molecule has 0 radical (unpaired) electrons. The average Bonchev–Trinajstić information content (AvgIpc) is 2.46. The zero-order valence-electron chi connectivity index (χ0n) is 11.3. The maximum Gasteiger partial charge on any atom is 0.214 e. The Morgan fingerprint density at radius 2 is 1.74 bits per heavy atom. The van der Waals surface area contributed by atoms with Crippen LogP contribution in [0.15, 0.2) is 54.6 Å². The minimum atomic E-state index is 0.611. The average molecular weight is 253 g/mol. The summed E-state index contributed by atoms with van der Waals surface area (Å²) in [7, 11) is 0. The number of benzene rings is 2. The van der Waals surface area contributed by atoms with Crippen molar-refractivity contribution >= 4 is 12.1 Å². The highest BCUT2D eigenvalue weighted by atomic mass is 16.1. The maximum atomic E-state index is 11.3. The van der Waals surface area contributed by atoms with Crippen LogP contribution in [0.4, 0.5) is 5.69 Å². The van der Waals surface area contributed by atoms with E-state index in [0.717, 1.165) is 30.5 Å². The van der Waals surface area contributed by atoms with Crippen molar-refractivity contribution in [2.75, 3.05) is 4.90 Å². The molecule has 0 unspecified atom stereocenters. The molecule has 2 aromatic rings. The molecule has 19 heavy (non-hydrogen) atoms. The van der Waals surface area contributed by atoms with Crippen LogP contribution in [-0.2, 0) is 17.8 Å². The molecular formula is C17H19NO. The van der Waals surface area contributed by atoms with Crippen LogP contribution in [0.5, 0.6) is 0 Å². The second-order valence-corrected chi connectivity index (χ2v) is 4.64. The van der Waals surface area contributed by atoms with E-state index >= 15 is 0 Å². The van der Waals surface area contributed by atoms with E-state index in [9.17, 15) is 4.79 Å². The molecule has 0 aliphatic heterocycles. The predicted molar refractivity (Wildman–Crippen MR) is 79.1 cm³/mol. The Morgan fingerprint density at radius 3 is 2.42 bits per heavy atom. The van der Waals surface area contributed by atoms with Gasteiger partial charge in [0.1, 0.15) is 0 Å². The number of hydrogen-bond acceptors (Lipinski definition) is 1. The quantitative estimate of drug-likeness (QED) is 0.717. The van der Waals surface area contributed by atoms with E-state index in [1.165, 1.54) is 5.56 Å². The molecule has 0 aliphatic carbocycles. The van der Waals surface area contributed by atoms with Crippen LogP contribution >= 0.6 is 0 Å². The molecule has 2 nitrogen and oxygen atoms in total. The summed E-state index contributed by atoms with van der Waals surface area (Å²) in [5, 5.41) is 0. The lowest BCUT2D eigenvalue weighted by atomic mass is 10.1. The van der Waals surface area contributed by atoms with E-state index in [4.69, 9.17) is 0 Å². The van der Waals surface area contributed by atoms with Crippen LogP contribution in [0.1, 0.15) is 24.5 Å². The van der Waals surface area contributed by atoms with Crippen molar-refractivity contribution in [1.29, 1.82) is 0 Å². The molecule has 0 atom stereocenters. The van der Waals surface area contributed by atoms with Crippen molar-refractivity contribution in [3.63, 3.8) is 0 Å². The molecule has 0 saturated carbocycles. The van der Waals surface area contributed by atoms with Gasteiger partial charge in [-0.05, 0) is 29.7 Å². The van der Waals surface area contributed by atoms with Crippen molar-refractivity contribution in [2.24, 2.45) is 0 Å². The van der Waals surface area contributed by atoms with Gasteiger partial charge in [-0.25, -0.2) is 0 Å². The summed E-state index contributed by atoms with van der Waals surface area (Å²) in [5.74, 6) is 0. The van der Waals surface area contributed by atoms with Gasteiger partial charge in [0.25, 0.3) is 0 Å². The van der Waals surface area contributed by atoms with Crippen LogP contribution in [0, 0.1) is 0 Å². The normalized spacial score (nSPS) is 10.2. The highest BCUT2D eigenvalue weighted by molar-refractivity contribution is 5.75. The van der Waals surface area contributed by atoms with Gasteiger partial charge in [-0.15, -0.1) is 0 Å². The van der Waals surface area contributed by atoms with Gasteiger partial charge in [-0.1, -0.05) is 55.8 Å². The number of nitrogens with zero attached hydrogens (tertiary/aromatic N) is 1. The predicted octanol–water partition coefficient (Wildman–Crippen LogP) is 3.80. The molecule has 0 saturated heterocycles. The second-order valence-electron chi connectivity index (χ2n) is 4.64. The Hall–Kier alpha value is -2.09. The summed E-state index contributed by atoms with van der Waals surface area (Å²) in [6.45, 7) is 2.77. The Labute approximate surface area is 114 Å². The van der Waals surface area contributed by atoms with Crippen LogP contribution in [0.25, 0.3) is 0 Å². The standard InChI is InChI=1S/C17H19NO/c1-2-7-15-10-6-11-17(12-15)18(14-19)13-16-8-4-3-5-9-16/h3-6,8-12,14H,2,7,13H2,1H3. The molecule has 0 spiro atoms. The van der Waals surface area contributed by atoms with E-state index < -0.39 is 0 Å². The molecule has 0 fully saturated rings. The van der Waals surface area contributed by atoms with Gasteiger partial charge in [0.15, 0.2) is 0 Å². The second kappa shape index (κ2) is 6.74. The van der Waals surface area contributed by atoms with Crippen LogP contribution in [-0.4, -0.2) is 6.41 Å². The fourth-order valence-electron chi connectivity index (χ4n) is 2.15. The third-order valence-corrected chi connectivity index (χ3v) is 3.10. The molecule has 0 bridgehead atoms. The van der Waals surface area contributed by atoms with E-state index in [0.29, 0.717) is 6.54 Å².